The zero-order valence-corrected chi connectivity index (χ0v) is 19.0. The van der Waals surface area contributed by atoms with Gasteiger partial charge in [0, 0.05) is 29.8 Å². The van der Waals surface area contributed by atoms with Crippen molar-refractivity contribution in [3.63, 3.8) is 0 Å². The van der Waals surface area contributed by atoms with Crippen LogP contribution in [-0.4, -0.2) is 34.5 Å². The minimum Gasteiger partial charge on any atom is -0.322 e. The summed E-state index contributed by atoms with van der Waals surface area (Å²) < 4.78 is 17.1. The van der Waals surface area contributed by atoms with Crippen LogP contribution >= 0.6 is 11.6 Å². The second-order valence-electron chi connectivity index (χ2n) is 8.42. The van der Waals surface area contributed by atoms with Crippen LogP contribution in [0.5, 0.6) is 0 Å². The number of anilines is 2. The molecular weight excluding hydrogens is 455 g/mol. The molecule has 5 aromatic rings. The maximum Gasteiger partial charge on any atom is 0.173 e. The van der Waals surface area contributed by atoms with E-state index >= 15 is 0 Å². The Morgan fingerprint density at radius 3 is 2.74 bits per heavy atom. The van der Waals surface area contributed by atoms with Gasteiger partial charge < -0.3 is 5.32 Å². The Kier molecular flexibility index (Phi) is 4.99. The van der Waals surface area contributed by atoms with Crippen molar-refractivity contribution < 1.29 is 4.39 Å². The van der Waals surface area contributed by atoms with Crippen LogP contribution < -0.4 is 5.32 Å². The van der Waals surface area contributed by atoms with Crippen molar-refractivity contribution in [1.82, 2.24) is 34.5 Å². The summed E-state index contributed by atoms with van der Waals surface area (Å²) in [6.45, 7) is 2.71. The van der Waals surface area contributed by atoms with Gasteiger partial charge >= 0.3 is 0 Å². The lowest BCUT2D eigenvalue weighted by molar-refractivity contribution is 0.570. The highest BCUT2D eigenvalue weighted by Crippen LogP contribution is 2.38. The summed E-state index contributed by atoms with van der Waals surface area (Å²) in [6.07, 6.45) is 7.31. The molecular formula is C24H20ClFN8. The van der Waals surface area contributed by atoms with E-state index in [9.17, 15) is 4.39 Å². The third kappa shape index (κ3) is 3.77. The second-order valence-corrected chi connectivity index (χ2v) is 8.80. The van der Waals surface area contributed by atoms with Gasteiger partial charge in [-0.1, -0.05) is 11.6 Å². The van der Waals surface area contributed by atoms with Gasteiger partial charge in [-0.25, -0.2) is 19.0 Å². The van der Waals surface area contributed by atoms with Crippen LogP contribution in [-0.2, 0) is 6.54 Å². The molecule has 0 aliphatic heterocycles. The summed E-state index contributed by atoms with van der Waals surface area (Å²) in [4.78, 5) is 13.0. The number of halogens is 2. The van der Waals surface area contributed by atoms with E-state index in [0.717, 1.165) is 34.4 Å². The van der Waals surface area contributed by atoms with Crippen molar-refractivity contribution in [2.75, 3.05) is 5.32 Å². The van der Waals surface area contributed by atoms with Gasteiger partial charge in [0.1, 0.15) is 23.0 Å². The molecule has 6 rings (SSSR count). The number of hydrogen-bond donors (Lipinski definition) is 1. The molecule has 0 radical (unpaired) electrons. The molecule has 0 amide bonds. The quantitative estimate of drug-likeness (QED) is 0.358. The molecule has 1 aliphatic rings. The molecule has 0 atom stereocenters. The third-order valence-corrected chi connectivity index (χ3v) is 6.28. The van der Waals surface area contributed by atoms with E-state index < -0.39 is 0 Å². The van der Waals surface area contributed by atoms with E-state index in [1.807, 2.05) is 17.7 Å². The number of pyridine rings is 1. The maximum atomic E-state index is 13.5. The van der Waals surface area contributed by atoms with E-state index in [1.54, 1.807) is 35.3 Å². The van der Waals surface area contributed by atoms with Gasteiger partial charge in [0.25, 0.3) is 0 Å². The summed E-state index contributed by atoms with van der Waals surface area (Å²) >= 11 is 6.79. The average molecular weight is 475 g/mol. The normalized spacial score (nSPS) is 13.5. The van der Waals surface area contributed by atoms with Gasteiger partial charge in [0.05, 0.1) is 23.1 Å². The molecule has 0 saturated heterocycles. The average Bonchev–Trinajstić information content (AvgIpc) is 3.53. The van der Waals surface area contributed by atoms with Crippen LogP contribution in [0, 0.1) is 18.7 Å². The topological polar surface area (TPSA) is 86.3 Å². The Morgan fingerprint density at radius 2 is 1.94 bits per heavy atom. The highest BCUT2D eigenvalue weighted by Gasteiger charge is 2.26. The minimum atomic E-state index is -0.295. The summed E-state index contributed by atoms with van der Waals surface area (Å²) in [6, 6.07) is 10.00. The van der Waals surface area contributed by atoms with Crippen LogP contribution in [0.25, 0.3) is 28.0 Å². The molecule has 0 bridgehead atoms. The molecule has 1 aromatic carbocycles. The third-order valence-electron chi connectivity index (χ3n) is 5.92. The van der Waals surface area contributed by atoms with Gasteiger partial charge in [-0.15, -0.1) is 0 Å². The first-order chi connectivity index (χ1) is 16.6. The zero-order chi connectivity index (χ0) is 23.2. The number of aryl methyl sites for hydroxylation is 1. The fraction of sp³-hybridized carbons (Fsp3) is 0.208. The van der Waals surface area contributed by atoms with E-state index in [2.05, 4.69) is 25.4 Å². The van der Waals surface area contributed by atoms with Crippen LogP contribution in [0.15, 0.2) is 55.1 Å². The molecule has 170 valence electrons. The first-order valence-electron chi connectivity index (χ1n) is 11.0. The maximum absolute atomic E-state index is 13.5. The van der Waals surface area contributed by atoms with Crippen LogP contribution in [0.2, 0.25) is 5.02 Å². The van der Waals surface area contributed by atoms with Crippen molar-refractivity contribution in [3.05, 3.63) is 71.7 Å². The Morgan fingerprint density at radius 1 is 1.12 bits per heavy atom. The van der Waals surface area contributed by atoms with Crippen LogP contribution in [0.3, 0.4) is 0 Å². The Hall–Kier alpha value is -3.85. The lowest BCUT2D eigenvalue weighted by Crippen LogP contribution is -2.05. The number of fused-ring (bicyclic) bond motifs is 1. The smallest absolute Gasteiger partial charge is 0.173 e. The van der Waals surface area contributed by atoms with Crippen molar-refractivity contribution in [3.8, 4) is 17.1 Å². The van der Waals surface area contributed by atoms with Gasteiger partial charge in [-0.2, -0.15) is 10.2 Å². The fourth-order valence-electron chi connectivity index (χ4n) is 4.03. The van der Waals surface area contributed by atoms with E-state index in [4.69, 9.17) is 16.7 Å². The molecule has 1 aliphatic carbocycles. The monoisotopic (exact) mass is 474 g/mol. The predicted octanol–water partition coefficient (Wildman–Crippen LogP) is 5.33. The summed E-state index contributed by atoms with van der Waals surface area (Å²) in [5, 5.41) is 14.0. The number of aromatic nitrogens is 7. The molecule has 8 nitrogen and oxygen atoms in total. The first kappa shape index (κ1) is 20.7. The SMILES string of the molecule is Cc1nn(-c2cc(Nc3nn(CC4CC4)c(-c4ccc(F)cc4)c3Cl)ncn2)c2cnccc12. The Bertz CT molecular complexity index is 1500. The molecule has 0 spiro atoms. The van der Waals surface area contributed by atoms with Crippen molar-refractivity contribution >= 4 is 34.1 Å². The van der Waals surface area contributed by atoms with E-state index in [1.165, 1.54) is 31.3 Å². The minimum absolute atomic E-state index is 0.295. The van der Waals surface area contributed by atoms with Gasteiger partial charge in [-0.3, -0.25) is 9.67 Å². The summed E-state index contributed by atoms with van der Waals surface area (Å²) in [7, 11) is 0. The fourth-order valence-corrected chi connectivity index (χ4v) is 4.32. The molecule has 4 heterocycles. The van der Waals surface area contributed by atoms with Crippen molar-refractivity contribution in [2.45, 2.75) is 26.3 Å². The number of hydrogen-bond acceptors (Lipinski definition) is 6. The highest BCUT2D eigenvalue weighted by molar-refractivity contribution is 6.35. The zero-order valence-electron chi connectivity index (χ0n) is 18.3. The molecule has 1 saturated carbocycles. The predicted molar refractivity (Wildman–Crippen MR) is 128 cm³/mol. The first-order valence-corrected chi connectivity index (χ1v) is 11.4. The Balaban J connectivity index is 1.37. The van der Waals surface area contributed by atoms with Crippen LogP contribution in [0.4, 0.5) is 16.0 Å². The van der Waals surface area contributed by atoms with Gasteiger partial charge in [0.2, 0.25) is 0 Å². The Labute approximate surface area is 199 Å². The molecule has 4 aromatic heterocycles. The molecule has 34 heavy (non-hydrogen) atoms. The van der Waals surface area contributed by atoms with E-state index in [-0.39, 0.29) is 5.82 Å². The lowest BCUT2D eigenvalue weighted by Gasteiger charge is -2.07. The molecule has 0 unspecified atom stereocenters. The number of nitrogens with one attached hydrogen (secondary N) is 1. The number of nitrogens with zero attached hydrogens (tertiary/aromatic N) is 7. The highest BCUT2D eigenvalue weighted by atomic mass is 35.5. The summed E-state index contributed by atoms with van der Waals surface area (Å²) in [5.41, 5.74) is 3.30. The molecule has 1 fully saturated rings. The van der Waals surface area contributed by atoms with Gasteiger partial charge in [0.15, 0.2) is 11.6 Å². The lowest BCUT2D eigenvalue weighted by atomic mass is 10.1. The number of rotatable bonds is 6. The van der Waals surface area contributed by atoms with Gasteiger partial charge in [-0.05, 0) is 56.0 Å². The van der Waals surface area contributed by atoms with Crippen molar-refractivity contribution in [1.29, 1.82) is 0 Å². The number of benzene rings is 1. The standard InChI is InChI=1S/C24H20ClFN8/c1-14-18-8-9-27-11-19(18)34(31-14)21-10-20(28-13-29-21)30-24-22(25)23(16-4-6-17(26)7-5-16)33(32-24)12-15-2-3-15/h4-11,13,15H,2-3,12H2,1H3,(H,28,29,30,32). The molecule has 10 heteroatoms. The summed E-state index contributed by atoms with van der Waals surface area (Å²) in [5.74, 6) is 1.89. The molecule has 1 N–H and O–H groups in total. The second kappa shape index (κ2) is 8.18. The van der Waals surface area contributed by atoms with Crippen molar-refractivity contribution in [2.24, 2.45) is 5.92 Å². The van der Waals surface area contributed by atoms with Crippen LogP contribution in [0.1, 0.15) is 18.5 Å². The largest absolute Gasteiger partial charge is 0.322 e. The van der Waals surface area contributed by atoms with E-state index in [0.29, 0.717) is 28.4 Å².